The van der Waals surface area contributed by atoms with Crippen molar-refractivity contribution in [3.63, 3.8) is 0 Å². The van der Waals surface area contributed by atoms with E-state index < -0.39 is 6.10 Å². The number of allylic oxidation sites excluding steroid dienone is 2. The fraction of sp³-hybridized carbons (Fsp3) is 0.600. The Labute approximate surface area is 179 Å². The van der Waals surface area contributed by atoms with E-state index >= 15 is 0 Å². The highest BCUT2D eigenvalue weighted by Gasteiger charge is 2.55. The lowest BCUT2D eigenvalue weighted by Crippen LogP contribution is -2.52. The molecule has 3 rings (SSSR count). The zero-order valence-electron chi connectivity index (χ0n) is 19.2. The van der Waals surface area contributed by atoms with Crippen LogP contribution in [0.1, 0.15) is 77.4 Å². The van der Waals surface area contributed by atoms with Crippen molar-refractivity contribution in [2.75, 3.05) is 0 Å². The van der Waals surface area contributed by atoms with Crippen molar-refractivity contribution >= 4 is 11.9 Å². The summed E-state index contributed by atoms with van der Waals surface area (Å²) in [4.78, 5) is 24.9. The molecular formula is C25H34O5. The number of hydrogen-bond acceptors (Lipinski definition) is 5. The van der Waals surface area contributed by atoms with Gasteiger partial charge in [0.25, 0.3) is 0 Å². The molecule has 2 aliphatic carbocycles. The summed E-state index contributed by atoms with van der Waals surface area (Å²) in [5, 5.41) is 0. The Hall–Kier alpha value is -2.30. The number of carbonyl (C=O) groups is 2. The number of fused-ring (bicyclic) bond motifs is 2. The molecule has 5 atom stereocenters. The van der Waals surface area contributed by atoms with Crippen LogP contribution in [0.15, 0.2) is 34.0 Å². The van der Waals surface area contributed by atoms with E-state index in [9.17, 15) is 9.59 Å². The first-order chi connectivity index (χ1) is 14.1. The van der Waals surface area contributed by atoms with E-state index in [0.29, 0.717) is 5.57 Å². The topological polar surface area (TPSA) is 65.7 Å². The molecule has 0 bridgehead atoms. The number of furan rings is 1. The lowest BCUT2D eigenvalue weighted by Gasteiger charge is -2.53. The molecule has 1 aromatic rings. The SMILES string of the molecule is CC=C(C)C(=O)O[C@H]1CC[C@@H]2[C@@H](OC(=O)C=C(C)C)c3occ(C)c3C[C@]2(C)[C@H]1C. The van der Waals surface area contributed by atoms with Crippen LogP contribution in [0.5, 0.6) is 0 Å². The zero-order valence-corrected chi connectivity index (χ0v) is 19.2. The van der Waals surface area contributed by atoms with Gasteiger partial charge in [-0.05, 0) is 70.8 Å². The lowest BCUT2D eigenvalue weighted by atomic mass is 9.54. The maximum Gasteiger partial charge on any atom is 0.333 e. The molecule has 0 unspecified atom stereocenters. The Morgan fingerprint density at radius 1 is 1.20 bits per heavy atom. The summed E-state index contributed by atoms with van der Waals surface area (Å²) in [5.41, 5.74) is 3.54. The summed E-state index contributed by atoms with van der Waals surface area (Å²) in [6.45, 7) is 13.8. The van der Waals surface area contributed by atoms with E-state index in [1.807, 2.05) is 27.7 Å². The highest BCUT2D eigenvalue weighted by atomic mass is 16.6. The molecule has 0 aliphatic heterocycles. The number of rotatable bonds is 4. The average molecular weight is 415 g/mol. The monoisotopic (exact) mass is 414 g/mol. The van der Waals surface area contributed by atoms with Crippen LogP contribution in [-0.2, 0) is 25.5 Å². The molecule has 0 spiro atoms. The number of ether oxygens (including phenoxy) is 2. The Morgan fingerprint density at radius 2 is 1.90 bits per heavy atom. The highest BCUT2D eigenvalue weighted by Crippen LogP contribution is 2.58. The quantitative estimate of drug-likeness (QED) is 0.472. The number of aryl methyl sites for hydroxylation is 1. The third kappa shape index (κ3) is 3.99. The second-order valence-corrected chi connectivity index (χ2v) is 9.41. The molecule has 164 valence electrons. The second-order valence-electron chi connectivity index (χ2n) is 9.41. The van der Waals surface area contributed by atoms with Crippen LogP contribution >= 0.6 is 0 Å². The molecule has 30 heavy (non-hydrogen) atoms. The molecule has 5 heteroatoms. The molecule has 0 amide bonds. The normalized spacial score (nSPS) is 30.7. The summed E-state index contributed by atoms with van der Waals surface area (Å²) in [6.07, 6.45) is 6.85. The van der Waals surface area contributed by atoms with E-state index in [1.165, 1.54) is 6.08 Å². The maximum atomic E-state index is 12.5. The molecule has 1 fully saturated rings. The van der Waals surface area contributed by atoms with Crippen LogP contribution in [0.3, 0.4) is 0 Å². The summed E-state index contributed by atoms with van der Waals surface area (Å²) in [6, 6.07) is 0. The van der Waals surface area contributed by atoms with Gasteiger partial charge >= 0.3 is 11.9 Å². The standard InChI is InChI=1S/C25H34O5/c1-8-15(4)24(27)29-20-10-9-19-23(30-21(26)11-14(2)3)22-18(16(5)13-28-22)12-25(19,7)17(20)6/h8,11,13,17,19-20,23H,9-10,12H2,1-7H3/t17-,19+,20-,23+,25+/m0/s1. The number of esters is 2. The molecule has 1 saturated carbocycles. The minimum absolute atomic E-state index is 0.109. The molecule has 0 saturated heterocycles. The Morgan fingerprint density at radius 3 is 2.53 bits per heavy atom. The lowest BCUT2D eigenvalue weighted by molar-refractivity contribution is -0.171. The van der Waals surface area contributed by atoms with E-state index in [1.54, 1.807) is 19.3 Å². The first-order valence-corrected chi connectivity index (χ1v) is 10.8. The van der Waals surface area contributed by atoms with E-state index in [4.69, 9.17) is 13.9 Å². The van der Waals surface area contributed by atoms with Crippen molar-refractivity contribution in [1.82, 2.24) is 0 Å². The van der Waals surface area contributed by atoms with Crippen molar-refractivity contribution in [1.29, 1.82) is 0 Å². The van der Waals surface area contributed by atoms with Crippen molar-refractivity contribution in [2.45, 2.75) is 79.9 Å². The van der Waals surface area contributed by atoms with Gasteiger partial charge < -0.3 is 13.9 Å². The second kappa shape index (κ2) is 8.44. The van der Waals surface area contributed by atoms with E-state index in [0.717, 1.165) is 41.7 Å². The minimum Gasteiger partial charge on any atom is -0.465 e. The third-order valence-electron chi connectivity index (χ3n) is 7.19. The molecule has 5 nitrogen and oxygen atoms in total. The van der Waals surface area contributed by atoms with E-state index in [-0.39, 0.29) is 35.3 Å². The smallest absolute Gasteiger partial charge is 0.333 e. The van der Waals surface area contributed by atoms with Crippen molar-refractivity contribution in [3.8, 4) is 0 Å². The van der Waals surface area contributed by atoms with Gasteiger partial charge in [0.1, 0.15) is 11.9 Å². The summed E-state index contributed by atoms with van der Waals surface area (Å²) < 4.78 is 17.7. The number of hydrogen-bond donors (Lipinski definition) is 0. The van der Waals surface area contributed by atoms with Gasteiger partial charge in [-0.3, -0.25) is 0 Å². The predicted molar refractivity (Wildman–Crippen MR) is 115 cm³/mol. The fourth-order valence-electron chi connectivity index (χ4n) is 5.03. The largest absolute Gasteiger partial charge is 0.465 e. The molecule has 2 aliphatic rings. The zero-order chi connectivity index (χ0) is 22.2. The molecular weight excluding hydrogens is 380 g/mol. The van der Waals surface area contributed by atoms with Crippen LogP contribution in [0.2, 0.25) is 0 Å². The van der Waals surface area contributed by atoms with Crippen molar-refractivity contribution in [2.24, 2.45) is 17.3 Å². The fourth-order valence-corrected chi connectivity index (χ4v) is 5.03. The molecule has 1 heterocycles. The number of carbonyl (C=O) groups excluding carboxylic acids is 2. The summed E-state index contributed by atoms with van der Waals surface area (Å²) in [7, 11) is 0. The van der Waals surface area contributed by atoms with Crippen LogP contribution in [0, 0.1) is 24.2 Å². The van der Waals surface area contributed by atoms with Crippen LogP contribution < -0.4 is 0 Å². The van der Waals surface area contributed by atoms with Gasteiger partial charge in [0.05, 0.1) is 6.26 Å². The van der Waals surface area contributed by atoms with Crippen molar-refractivity contribution < 1.29 is 23.5 Å². The molecule has 0 N–H and O–H groups in total. The van der Waals surface area contributed by atoms with Gasteiger partial charge in [0.15, 0.2) is 6.10 Å². The Kier molecular flexibility index (Phi) is 6.30. The van der Waals surface area contributed by atoms with Gasteiger partial charge in [-0.15, -0.1) is 0 Å². The van der Waals surface area contributed by atoms with Crippen LogP contribution in [-0.4, -0.2) is 18.0 Å². The van der Waals surface area contributed by atoms with Gasteiger partial charge in [-0.25, -0.2) is 9.59 Å². The van der Waals surface area contributed by atoms with Gasteiger partial charge in [0.2, 0.25) is 0 Å². The van der Waals surface area contributed by atoms with Crippen LogP contribution in [0.25, 0.3) is 0 Å². The molecule has 0 aromatic carbocycles. The first kappa shape index (κ1) is 22.4. The first-order valence-electron chi connectivity index (χ1n) is 10.8. The average Bonchev–Trinajstić information content (AvgIpc) is 3.03. The predicted octanol–water partition coefficient (Wildman–Crippen LogP) is 5.63. The maximum absolute atomic E-state index is 12.5. The summed E-state index contributed by atoms with van der Waals surface area (Å²) in [5.74, 6) is 0.417. The van der Waals surface area contributed by atoms with Crippen molar-refractivity contribution in [3.05, 3.63) is 46.4 Å². The summed E-state index contributed by atoms with van der Waals surface area (Å²) >= 11 is 0. The van der Waals surface area contributed by atoms with Gasteiger partial charge in [0, 0.05) is 23.1 Å². The highest BCUT2D eigenvalue weighted by molar-refractivity contribution is 5.87. The van der Waals surface area contributed by atoms with Gasteiger partial charge in [-0.2, -0.15) is 0 Å². The van der Waals surface area contributed by atoms with Gasteiger partial charge in [-0.1, -0.05) is 25.5 Å². The third-order valence-corrected chi connectivity index (χ3v) is 7.19. The Bertz CT molecular complexity index is 885. The van der Waals surface area contributed by atoms with E-state index in [2.05, 4.69) is 13.8 Å². The Balaban J connectivity index is 1.93. The van der Waals surface area contributed by atoms with Crippen LogP contribution in [0.4, 0.5) is 0 Å². The molecule has 1 aromatic heterocycles. The minimum atomic E-state index is -0.424. The molecule has 0 radical (unpaired) electrons.